The summed E-state index contributed by atoms with van der Waals surface area (Å²) < 4.78 is 4.75. The third-order valence-electron chi connectivity index (χ3n) is 3.39. The third kappa shape index (κ3) is 1.82. The summed E-state index contributed by atoms with van der Waals surface area (Å²) in [7, 11) is 1.41. The van der Waals surface area contributed by atoms with Gasteiger partial charge in [0.2, 0.25) is 0 Å². The maximum Gasteiger partial charge on any atom is 0.337 e. The Morgan fingerprint density at radius 3 is 3.11 bits per heavy atom. The van der Waals surface area contributed by atoms with Crippen LogP contribution in [-0.2, 0) is 11.2 Å². The van der Waals surface area contributed by atoms with Crippen LogP contribution in [0.15, 0.2) is 29.8 Å². The minimum Gasteiger partial charge on any atom is -0.465 e. The van der Waals surface area contributed by atoms with Gasteiger partial charge in [-0.2, -0.15) is 0 Å². The van der Waals surface area contributed by atoms with Crippen LogP contribution in [0.2, 0.25) is 0 Å². The van der Waals surface area contributed by atoms with Crippen molar-refractivity contribution < 1.29 is 9.53 Å². The van der Waals surface area contributed by atoms with Gasteiger partial charge in [-0.25, -0.2) is 9.78 Å². The number of rotatable bonds is 2. The van der Waals surface area contributed by atoms with Crippen LogP contribution >= 0.6 is 11.3 Å². The maximum absolute atomic E-state index is 11.5. The minimum atomic E-state index is -0.268. The molecule has 92 valence electrons. The van der Waals surface area contributed by atoms with Crippen LogP contribution in [0.1, 0.15) is 38.8 Å². The lowest BCUT2D eigenvalue weighted by Crippen LogP contribution is -2.02. The number of aryl methyl sites for hydroxylation is 1. The molecule has 2 aromatic rings. The summed E-state index contributed by atoms with van der Waals surface area (Å²) in [5, 5.41) is 3.18. The van der Waals surface area contributed by atoms with Crippen molar-refractivity contribution in [1.29, 1.82) is 0 Å². The standard InChI is InChI=1S/C14H13NO2S/c1-17-14(16)10-3-4-11-9(8-10)2-5-12(11)13-15-6-7-18-13/h3-4,6-8,12H,2,5H2,1H3. The Kier molecular flexibility index (Phi) is 2.88. The third-order valence-corrected chi connectivity index (χ3v) is 4.28. The number of fused-ring (bicyclic) bond motifs is 1. The van der Waals surface area contributed by atoms with Gasteiger partial charge in [-0.1, -0.05) is 6.07 Å². The molecule has 0 N–H and O–H groups in total. The molecule has 1 atom stereocenters. The molecule has 18 heavy (non-hydrogen) atoms. The lowest BCUT2D eigenvalue weighted by molar-refractivity contribution is 0.0600. The number of aromatic nitrogens is 1. The number of methoxy groups -OCH3 is 1. The van der Waals surface area contributed by atoms with Gasteiger partial charge in [0, 0.05) is 17.5 Å². The molecule has 0 bridgehead atoms. The lowest BCUT2D eigenvalue weighted by Gasteiger charge is -2.08. The molecule has 0 aliphatic heterocycles. The molecule has 3 nitrogen and oxygen atoms in total. The summed E-state index contributed by atoms with van der Waals surface area (Å²) in [5.41, 5.74) is 3.19. The Morgan fingerprint density at radius 2 is 2.39 bits per heavy atom. The topological polar surface area (TPSA) is 39.2 Å². The van der Waals surface area contributed by atoms with Crippen LogP contribution in [0.3, 0.4) is 0 Å². The van der Waals surface area contributed by atoms with Crippen LogP contribution in [0, 0.1) is 0 Å². The van der Waals surface area contributed by atoms with Gasteiger partial charge in [-0.3, -0.25) is 0 Å². The summed E-state index contributed by atoms with van der Waals surface area (Å²) in [4.78, 5) is 15.9. The fourth-order valence-electron chi connectivity index (χ4n) is 2.53. The Bertz CT molecular complexity index is 577. The molecule has 1 heterocycles. The van der Waals surface area contributed by atoms with E-state index in [9.17, 15) is 4.79 Å². The van der Waals surface area contributed by atoms with Crippen LogP contribution in [0.25, 0.3) is 0 Å². The van der Waals surface area contributed by atoms with Gasteiger partial charge < -0.3 is 4.74 Å². The molecule has 0 radical (unpaired) electrons. The highest BCUT2D eigenvalue weighted by molar-refractivity contribution is 7.09. The Morgan fingerprint density at radius 1 is 1.50 bits per heavy atom. The smallest absolute Gasteiger partial charge is 0.337 e. The average molecular weight is 259 g/mol. The normalized spacial score (nSPS) is 17.5. The van der Waals surface area contributed by atoms with Gasteiger partial charge in [0.1, 0.15) is 0 Å². The molecule has 3 rings (SSSR count). The van der Waals surface area contributed by atoms with Crippen molar-refractivity contribution in [3.63, 3.8) is 0 Å². The Labute approximate surface area is 109 Å². The molecule has 0 amide bonds. The second kappa shape index (κ2) is 4.53. The van der Waals surface area contributed by atoms with E-state index in [1.54, 1.807) is 11.3 Å². The highest BCUT2D eigenvalue weighted by Crippen LogP contribution is 2.39. The molecule has 0 fully saturated rings. The number of nitrogens with zero attached hydrogens (tertiary/aromatic N) is 1. The largest absolute Gasteiger partial charge is 0.465 e. The maximum atomic E-state index is 11.5. The number of carbonyl (C=O) groups is 1. The zero-order chi connectivity index (χ0) is 12.5. The first kappa shape index (κ1) is 11.4. The summed E-state index contributed by atoms with van der Waals surface area (Å²) in [5.74, 6) is 0.127. The summed E-state index contributed by atoms with van der Waals surface area (Å²) in [6.45, 7) is 0. The highest BCUT2D eigenvalue weighted by atomic mass is 32.1. The molecule has 0 spiro atoms. The first-order valence-corrected chi connectivity index (χ1v) is 6.78. The molecule has 0 saturated heterocycles. The van der Waals surface area contributed by atoms with E-state index < -0.39 is 0 Å². The van der Waals surface area contributed by atoms with E-state index in [1.165, 1.54) is 23.2 Å². The fourth-order valence-corrected chi connectivity index (χ4v) is 3.32. The van der Waals surface area contributed by atoms with Gasteiger partial charge in [-0.15, -0.1) is 11.3 Å². The van der Waals surface area contributed by atoms with E-state index in [1.807, 2.05) is 29.8 Å². The summed E-state index contributed by atoms with van der Waals surface area (Å²) in [6.07, 6.45) is 3.93. The van der Waals surface area contributed by atoms with E-state index in [4.69, 9.17) is 4.74 Å². The van der Waals surface area contributed by atoms with Crippen LogP contribution in [0.5, 0.6) is 0 Å². The molecule has 1 aromatic heterocycles. The van der Waals surface area contributed by atoms with Gasteiger partial charge in [0.15, 0.2) is 0 Å². The van der Waals surface area contributed by atoms with Crippen molar-refractivity contribution in [2.75, 3.05) is 7.11 Å². The SMILES string of the molecule is COC(=O)c1ccc2c(c1)CCC2c1nccs1. The van der Waals surface area contributed by atoms with Crippen molar-refractivity contribution >= 4 is 17.3 Å². The molecule has 1 aliphatic rings. The Balaban J connectivity index is 1.97. The van der Waals surface area contributed by atoms with E-state index in [-0.39, 0.29) is 5.97 Å². The summed E-state index contributed by atoms with van der Waals surface area (Å²) in [6, 6.07) is 5.84. The predicted molar refractivity (Wildman–Crippen MR) is 70.1 cm³/mol. The van der Waals surface area contributed by atoms with Gasteiger partial charge in [0.05, 0.1) is 17.7 Å². The van der Waals surface area contributed by atoms with Crippen molar-refractivity contribution in [3.8, 4) is 0 Å². The fraction of sp³-hybridized carbons (Fsp3) is 0.286. The number of hydrogen-bond acceptors (Lipinski definition) is 4. The molecule has 4 heteroatoms. The van der Waals surface area contributed by atoms with Gasteiger partial charge >= 0.3 is 5.97 Å². The number of benzene rings is 1. The number of carbonyl (C=O) groups excluding carboxylic acids is 1. The van der Waals surface area contributed by atoms with Crippen molar-refractivity contribution in [3.05, 3.63) is 51.5 Å². The second-order valence-electron chi connectivity index (χ2n) is 4.37. The highest BCUT2D eigenvalue weighted by Gasteiger charge is 2.26. The van der Waals surface area contributed by atoms with Gasteiger partial charge in [0.25, 0.3) is 0 Å². The predicted octanol–water partition coefficient (Wildman–Crippen LogP) is 3.01. The molecule has 1 unspecified atom stereocenters. The minimum absolute atomic E-state index is 0.268. The molecule has 1 aliphatic carbocycles. The van der Waals surface area contributed by atoms with Crippen molar-refractivity contribution in [2.24, 2.45) is 0 Å². The van der Waals surface area contributed by atoms with E-state index >= 15 is 0 Å². The second-order valence-corrected chi connectivity index (χ2v) is 5.29. The van der Waals surface area contributed by atoms with Crippen molar-refractivity contribution in [1.82, 2.24) is 4.98 Å². The van der Waals surface area contributed by atoms with Gasteiger partial charge in [-0.05, 0) is 36.1 Å². The molecular weight excluding hydrogens is 246 g/mol. The van der Waals surface area contributed by atoms with E-state index in [0.29, 0.717) is 11.5 Å². The number of esters is 1. The number of ether oxygens (including phenoxy) is 1. The zero-order valence-corrected chi connectivity index (χ0v) is 10.9. The zero-order valence-electron chi connectivity index (χ0n) is 10.1. The van der Waals surface area contributed by atoms with E-state index in [2.05, 4.69) is 4.98 Å². The number of hydrogen-bond donors (Lipinski definition) is 0. The number of thiazole rings is 1. The first-order valence-electron chi connectivity index (χ1n) is 5.90. The lowest BCUT2D eigenvalue weighted by atomic mass is 10.0. The Hall–Kier alpha value is -1.68. The van der Waals surface area contributed by atoms with E-state index in [0.717, 1.165) is 12.8 Å². The summed E-state index contributed by atoms with van der Waals surface area (Å²) >= 11 is 1.70. The quantitative estimate of drug-likeness (QED) is 0.778. The van der Waals surface area contributed by atoms with Crippen molar-refractivity contribution in [2.45, 2.75) is 18.8 Å². The molecular formula is C14H13NO2S. The first-order chi connectivity index (χ1) is 8.79. The molecule has 0 saturated carbocycles. The van der Waals surface area contributed by atoms with Crippen LogP contribution in [-0.4, -0.2) is 18.1 Å². The average Bonchev–Trinajstić information content (AvgIpc) is 3.05. The van der Waals surface area contributed by atoms with Crippen LogP contribution < -0.4 is 0 Å². The monoisotopic (exact) mass is 259 g/mol. The molecule has 1 aromatic carbocycles. The van der Waals surface area contributed by atoms with Crippen LogP contribution in [0.4, 0.5) is 0 Å².